The second-order valence-electron chi connectivity index (χ2n) is 12.1. The summed E-state index contributed by atoms with van der Waals surface area (Å²) in [6, 6.07) is -0.701. The maximum absolute atomic E-state index is 12.2. The van der Waals surface area contributed by atoms with Gasteiger partial charge >= 0.3 is 12.1 Å². The van der Waals surface area contributed by atoms with Gasteiger partial charge in [0.05, 0.1) is 6.61 Å². The predicted octanol–water partition coefficient (Wildman–Crippen LogP) is 6.01. The third kappa shape index (κ3) is 4.49. The summed E-state index contributed by atoms with van der Waals surface area (Å²) in [5, 5.41) is 11.9. The van der Waals surface area contributed by atoms with Gasteiger partial charge in [0.1, 0.15) is 6.10 Å². The van der Waals surface area contributed by atoms with Crippen molar-refractivity contribution in [1.82, 2.24) is 0 Å². The Kier molecular flexibility index (Phi) is 7.37. The first-order valence-corrected chi connectivity index (χ1v) is 13.6. The Morgan fingerprint density at radius 3 is 2.58 bits per heavy atom. The van der Waals surface area contributed by atoms with Crippen LogP contribution in [0, 0.1) is 50.5 Å². The SMILES string of the molecule is CCOC(=O)N=C(C)[C@H]1[C@H]([C@@H](C)[N+](=O)[O-])C[C@H]2[C@@H]3CC=C4C[C@@H](OC(C)=O)CC[C@]4(C)[C@H]3CC[C@@]21C. The van der Waals surface area contributed by atoms with Crippen molar-refractivity contribution in [2.75, 3.05) is 6.61 Å². The summed E-state index contributed by atoms with van der Waals surface area (Å²) in [6.07, 6.45) is 8.23. The van der Waals surface area contributed by atoms with E-state index >= 15 is 0 Å². The quantitative estimate of drug-likeness (QED) is 0.150. The second kappa shape index (κ2) is 9.90. The number of aliphatic imine (C=N–C) groups is 1. The van der Waals surface area contributed by atoms with Gasteiger partial charge in [-0.1, -0.05) is 25.5 Å². The number of esters is 1. The molecule has 8 nitrogen and oxygen atoms in total. The Labute approximate surface area is 214 Å². The number of rotatable bonds is 5. The molecule has 0 aliphatic heterocycles. The van der Waals surface area contributed by atoms with Crippen molar-refractivity contribution in [3.8, 4) is 0 Å². The lowest BCUT2D eigenvalue weighted by atomic mass is 9.47. The third-order valence-corrected chi connectivity index (χ3v) is 10.4. The summed E-state index contributed by atoms with van der Waals surface area (Å²) in [7, 11) is 0. The van der Waals surface area contributed by atoms with Gasteiger partial charge in [-0.05, 0) is 81.0 Å². The number of carbonyl (C=O) groups excluding carboxylic acids is 2. The van der Waals surface area contributed by atoms with Crippen LogP contribution in [-0.4, -0.2) is 41.5 Å². The highest BCUT2D eigenvalue weighted by Gasteiger charge is 2.63. The topological polar surface area (TPSA) is 108 Å². The first-order chi connectivity index (χ1) is 16.9. The van der Waals surface area contributed by atoms with Crippen molar-refractivity contribution < 1.29 is 24.0 Å². The number of hydrogen-bond acceptors (Lipinski definition) is 6. The Morgan fingerprint density at radius 1 is 1.22 bits per heavy atom. The highest BCUT2D eigenvalue weighted by molar-refractivity contribution is 5.94. The number of nitro groups is 1. The lowest BCUT2D eigenvalue weighted by molar-refractivity contribution is -0.528. The van der Waals surface area contributed by atoms with Gasteiger partial charge in [-0.15, -0.1) is 0 Å². The molecule has 3 saturated carbocycles. The van der Waals surface area contributed by atoms with Gasteiger partial charge in [0.15, 0.2) is 0 Å². The average molecular weight is 503 g/mol. The Bertz CT molecular complexity index is 975. The molecule has 200 valence electrons. The van der Waals surface area contributed by atoms with Crippen LogP contribution in [0.15, 0.2) is 16.6 Å². The van der Waals surface area contributed by atoms with Crippen molar-refractivity contribution in [3.63, 3.8) is 0 Å². The fourth-order valence-corrected chi connectivity index (χ4v) is 8.85. The maximum atomic E-state index is 12.2. The fourth-order valence-electron chi connectivity index (χ4n) is 8.85. The van der Waals surface area contributed by atoms with Crippen molar-refractivity contribution in [2.45, 2.75) is 98.6 Å². The lowest BCUT2D eigenvalue weighted by Crippen LogP contribution is -2.51. The smallest absolute Gasteiger partial charge is 0.433 e. The van der Waals surface area contributed by atoms with E-state index < -0.39 is 12.1 Å². The van der Waals surface area contributed by atoms with Crippen LogP contribution < -0.4 is 0 Å². The van der Waals surface area contributed by atoms with Crippen molar-refractivity contribution in [3.05, 3.63) is 21.8 Å². The number of hydrogen-bond donors (Lipinski definition) is 0. The number of ether oxygens (including phenoxy) is 2. The van der Waals surface area contributed by atoms with Crippen molar-refractivity contribution in [1.29, 1.82) is 0 Å². The minimum Gasteiger partial charge on any atom is -0.462 e. The van der Waals surface area contributed by atoms with Gasteiger partial charge in [-0.2, -0.15) is 4.99 Å². The van der Waals surface area contributed by atoms with Crippen LogP contribution in [0.1, 0.15) is 86.5 Å². The molecule has 36 heavy (non-hydrogen) atoms. The van der Waals surface area contributed by atoms with E-state index in [0.29, 0.717) is 23.5 Å². The molecule has 0 aromatic heterocycles. The summed E-state index contributed by atoms with van der Waals surface area (Å²) in [6.45, 7) is 11.7. The van der Waals surface area contributed by atoms with Crippen LogP contribution in [0.5, 0.6) is 0 Å². The maximum Gasteiger partial charge on any atom is 0.433 e. The van der Waals surface area contributed by atoms with Gasteiger partial charge < -0.3 is 9.47 Å². The van der Waals surface area contributed by atoms with Crippen LogP contribution in [0.4, 0.5) is 4.79 Å². The Morgan fingerprint density at radius 2 is 1.94 bits per heavy atom. The zero-order valence-electron chi connectivity index (χ0n) is 22.6. The zero-order valence-corrected chi connectivity index (χ0v) is 22.6. The van der Waals surface area contributed by atoms with E-state index in [9.17, 15) is 19.7 Å². The van der Waals surface area contributed by atoms with Crippen molar-refractivity contribution >= 4 is 17.8 Å². The third-order valence-electron chi connectivity index (χ3n) is 10.4. The Balaban J connectivity index is 1.66. The molecule has 4 rings (SSSR count). The van der Waals surface area contributed by atoms with E-state index in [-0.39, 0.29) is 46.3 Å². The van der Waals surface area contributed by atoms with E-state index in [1.54, 1.807) is 13.8 Å². The molecule has 9 atom stereocenters. The van der Waals surface area contributed by atoms with Gasteiger partial charge in [-0.3, -0.25) is 14.9 Å². The summed E-state index contributed by atoms with van der Waals surface area (Å²) < 4.78 is 10.6. The van der Waals surface area contributed by atoms with E-state index in [4.69, 9.17) is 9.47 Å². The van der Waals surface area contributed by atoms with E-state index in [1.165, 1.54) is 12.5 Å². The number of amides is 1. The predicted molar refractivity (Wildman–Crippen MR) is 136 cm³/mol. The molecule has 0 bridgehead atoms. The highest BCUT2D eigenvalue weighted by Crippen LogP contribution is 2.68. The summed E-state index contributed by atoms with van der Waals surface area (Å²) in [5.74, 6) is 0.804. The minimum atomic E-state index is -0.701. The molecular formula is C28H42N2O6. The van der Waals surface area contributed by atoms with Gasteiger partial charge in [0.25, 0.3) is 0 Å². The van der Waals surface area contributed by atoms with Crippen LogP contribution in [0.2, 0.25) is 0 Å². The first kappa shape index (κ1) is 26.8. The molecule has 3 fully saturated rings. The van der Waals surface area contributed by atoms with Crippen molar-refractivity contribution in [2.24, 2.45) is 45.4 Å². The number of carbonyl (C=O) groups is 2. The molecular weight excluding hydrogens is 460 g/mol. The van der Waals surface area contributed by atoms with Crippen LogP contribution in [0.3, 0.4) is 0 Å². The molecule has 0 unspecified atom stereocenters. The molecule has 0 heterocycles. The summed E-state index contributed by atoms with van der Waals surface area (Å²) >= 11 is 0. The van der Waals surface area contributed by atoms with Crippen LogP contribution in [0.25, 0.3) is 0 Å². The monoisotopic (exact) mass is 502 g/mol. The van der Waals surface area contributed by atoms with Crippen LogP contribution >= 0.6 is 0 Å². The molecule has 0 N–H and O–H groups in total. The van der Waals surface area contributed by atoms with Gasteiger partial charge in [0, 0.05) is 42.7 Å². The van der Waals surface area contributed by atoms with E-state index in [2.05, 4.69) is 24.9 Å². The molecule has 4 aliphatic rings. The molecule has 1 amide bonds. The number of nitrogens with zero attached hydrogens (tertiary/aromatic N) is 2. The first-order valence-electron chi connectivity index (χ1n) is 13.6. The lowest BCUT2D eigenvalue weighted by Gasteiger charge is -2.58. The minimum absolute atomic E-state index is 0.0323. The fraction of sp³-hybridized carbons (Fsp3) is 0.821. The standard InChI is InChI=1S/C28H42N2O6/c1-7-35-26(32)29-16(2)25-22(17(3)30(33)34)15-24-21-9-8-19-14-20(36-18(4)31)10-12-27(19,5)23(21)11-13-28(24,25)6/h8,17,20-25H,7,9-15H2,1-6H3/t17-,20+,21-,22+,23+,24+,25+,27+,28+/m1/s1. The summed E-state index contributed by atoms with van der Waals surface area (Å²) in [4.78, 5) is 39.8. The number of allylic oxidation sites excluding steroid dienone is 1. The molecule has 0 saturated heterocycles. The Hall–Kier alpha value is -2.25. The highest BCUT2D eigenvalue weighted by atomic mass is 16.6. The molecule has 0 radical (unpaired) electrons. The second-order valence-corrected chi connectivity index (χ2v) is 12.1. The van der Waals surface area contributed by atoms with Crippen LogP contribution in [-0.2, 0) is 14.3 Å². The molecule has 8 heteroatoms. The molecule has 0 spiro atoms. The molecule has 0 aromatic rings. The molecule has 4 aliphatic carbocycles. The largest absolute Gasteiger partial charge is 0.462 e. The van der Waals surface area contributed by atoms with E-state index in [1.807, 2.05) is 6.92 Å². The van der Waals surface area contributed by atoms with Gasteiger partial charge in [0.2, 0.25) is 6.04 Å². The van der Waals surface area contributed by atoms with Gasteiger partial charge in [-0.25, -0.2) is 4.79 Å². The number of fused-ring (bicyclic) bond motifs is 5. The zero-order chi connectivity index (χ0) is 26.4. The average Bonchev–Trinajstić information content (AvgIpc) is 3.11. The normalized spacial score (nSPS) is 40.7. The molecule has 0 aromatic carbocycles. The van der Waals surface area contributed by atoms with E-state index in [0.717, 1.165) is 44.9 Å². The summed E-state index contributed by atoms with van der Waals surface area (Å²) in [5.41, 5.74) is 2.04.